The average Bonchev–Trinajstić information content (AvgIpc) is 2.61. The second-order valence-corrected chi connectivity index (χ2v) is 6.40. The number of nitrogens with one attached hydrogen (secondary N) is 1. The topological polar surface area (TPSA) is 95.2 Å². The molecule has 0 spiro atoms. The smallest absolute Gasteiger partial charge is 0.332 e. The summed E-state index contributed by atoms with van der Waals surface area (Å²) in [6, 6.07) is 0. The number of hydrogen-bond acceptors (Lipinski definition) is 5. The highest BCUT2D eigenvalue weighted by Gasteiger charge is 2.17. The first-order valence-electron chi connectivity index (χ1n) is 8.61. The van der Waals surface area contributed by atoms with Gasteiger partial charge in [0.15, 0.2) is 0 Å². The first-order valence-corrected chi connectivity index (χ1v) is 8.61. The minimum absolute atomic E-state index is 0.0478. The van der Waals surface area contributed by atoms with Gasteiger partial charge in [0.2, 0.25) is 5.91 Å². The molecule has 0 radical (unpaired) electrons. The molecule has 2 heterocycles. The van der Waals surface area contributed by atoms with Crippen molar-refractivity contribution in [3.63, 3.8) is 0 Å². The van der Waals surface area contributed by atoms with Gasteiger partial charge < -0.3 is 10.1 Å². The van der Waals surface area contributed by atoms with E-state index in [1.165, 1.54) is 11.6 Å². The van der Waals surface area contributed by atoms with Crippen LogP contribution in [0, 0.1) is 13.8 Å². The Kier molecular flexibility index (Phi) is 6.31. The van der Waals surface area contributed by atoms with E-state index in [0.717, 1.165) is 27.8 Å². The minimum Gasteiger partial charge on any atom is -0.385 e. The van der Waals surface area contributed by atoms with Crippen LogP contribution in [0.4, 0.5) is 0 Å². The Bertz CT molecular complexity index is 943. The largest absolute Gasteiger partial charge is 0.385 e. The summed E-state index contributed by atoms with van der Waals surface area (Å²) in [5.74, 6) is -0.0478. The van der Waals surface area contributed by atoms with Gasteiger partial charge in [0.1, 0.15) is 5.65 Å². The fourth-order valence-electron chi connectivity index (χ4n) is 3.08. The van der Waals surface area contributed by atoms with Crippen molar-refractivity contribution in [1.82, 2.24) is 19.4 Å². The lowest BCUT2D eigenvalue weighted by molar-refractivity contribution is -0.121. The molecule has 142 valence electrons. The number of fused-ring (bicyclic) bond motifs is 1. The standard InChI is InChI=1S/C18H26N4O4/c1-11-13(7-8-14(23)19-9-6-10-26-5)12(2)20-16-15(11)17(24)22(4)18(25)21(16)3/h6-10H2,1-5H3,(H,19,23). The Morgan fingerprint density at radius 2 is 1.88 bits per heavy atom. The van der Waals surface area contributed by atoms with Crippen molar-refractivity contribution in [2.24, 2.45) is 14.1 Å². The summed E-state index contributed by atoms with van der Waals surface area (Å²) in [7, 11) is 4.68. The Hall–Kier alpha value is -2.48. The number of carbonyl (C=O) groups excluding carboxylic acids is 1. The molecule has 26 heavy (non-hydrogen) atoms. The quantitative estimate of drug-likeness (QED) is 0.717. The molecule has 0 aliphatic rings. The minimum atomic E-state index is -0.406. The van der Waals surface area contributed by atoms with Crippen LogP contribution in [0.25, 0.3) is 11.0 Å². The number of pyridine rings is 1. The molecule has 0 aromatic carbocycles. The van der Waals surface area contributed by atoms with Crippen LogP contribution in [0.3, 0.4) is 0 Å². The molecule has 8 heteroatoms. The van der Waals surface area contributed by atoms with Gasteiger partial charge in [-0.2, -0.15) is 0 Å². The molecule has 0 bridgehead atoms. The lowest BCUT2D eigenvalue weighted by Crippen LogP contribution is -2.38. The van der Waals surface area contributed by atoms with Gasteiger partial charge in [0, 0.05) is 46.5 Å². The van der Waals surface area contributed by atoms with E-state index in [2.05, 4.69) is 10.3 Å². The molecule has 0 aliphatic heterocycles. The lowest BCUT2D eigenvalue weighted by atomic mass is 10.00. The Balaban J connectivity index is 2.31. The fraction of sp³-hybridized carbons (Fsp3) is 0.556. The SMILES string of the molecule is COCCCNC(=O)CCc1c(C)nc2c(c1C)c(=O)n(C)c(=O)n2C. The number of aromatic nitrogens is 3. The second-order valence-electron chi connectivity index (χ2n) is 6.40. The predicted octanol–water partition coefficient (Wildman–Crippen LogP) is 0.334. The molecule has 2 aromatic rings. The van der Waals surface area contributed by atoms with Gasteiger partial charge in [-0.3, -0.25) is 18.7 Å². The van der Waals surface area contributed by atoms with Crippen LogP contribution >= 0.6 is 0 Å². The van der Waals surface area contributed by atoms with Crippen LogP contribution < -0.4 is 16.6 Å². The molecular formula is C18H26N4O4. The van der Waals surface area contributed by atoms with Crippen molar-refractivity contribution in [3.8, 4) is 0 Å². The summed E-state index contributed by atoms with van der Waals surface area (Å²) in [5, 5.41) is 3.28. The third kappa shape index (κ3) is 3.85. The zero-order chi connectivity index (χ0) is 19.4. The first kappa shape index (κ1) is 19.8. The summed E-state index contributed by atoms with van der Waals surface area (Å²) in [4.78, 5) is 41.1. The Morgan fingerprint density at radius 3 is 2.54 bits per heavy atom. The third-order valence-electron chi connectivity index (χ3n) is 4.62. The van der Waals surface area contributed by atoms with Crippen molar-refractivity contribution < 1.29 is 9.53 Å². The molecule has 1 N–H and O–H groups in total. The van der Waals surface area contributed by atoms with Crippen LogP contribution in [0.1, 0.15) is 29.7 Å². The molecule has 2 rings (SSSR count). The van der Waals surface area contributed by atoms with Gasteiger partial charge in [-0.25, -0.2) is 9.78 Å². The van der Waals surface area contributed by atoms with Crippen LogP contribution in [-0.4, -0.2) is 40.3 Å². The number of ether oxygens (including phenoxy) is 1. The molecule has 0 saturated carbocycles. The lowest BCUT2D eigenvalue weighted by Gasteiger charge is -2.14. The number of nitrogens with zero attached hydrogens (tertiary/aromatic N) is 3. The third-order valence-corrected chi connectivity index (χ3v) is 4.62. The van der Waals surface area contributed by atoms with E-state index in [4.69, 9.17) is 4.74 Å². The molecule has 0 aliphatic carbocycles. The Labute approximate surface area is 151 Å². The van der Waals surface area contributed by atoms with Gasteiger partial charge in [0.05, 0.1) is 5.39 Å². The Morgan fingerprint density at radius 1 is 1.19 bits per heavy atom. The highest BCUT2D eigenvalue weighted by atomic mass is 16.5. The fourth-order valence-corrected chi connectivity index (χ4v) is 3.08. The number of rotatable bonds is 7. The van der Waals surface area contributed by atoms with E-state index in [0.29, 0.717) is 37.0 Å². The maximum atomic E-state index is 12.5. The van der Waals surface area contributed by atoms with Crippen molar-refractivity contribution in [1.29, 1.82) is 0 Å². The van der Waals surface area contributed by atoms with Gasteiger partial charge >= 0.3 is 5.69 Å². The molecule has 0 saturated heterocycles. The average molecular weight is 362 g/mol. The van der Waals surface area contributed by atoms with Gasteiger partial charge in [-0.05, 0) is 37.8 Å². The van der Waals surface area contributed by atoms with E-state index in [1.54, 1.807) is 14.2 Å². The number of aryl methyl sites for hydroxylation is 3. The summed E-state index contributed by atoms with van der Waals surface area (Å²) in [5.41, 5.74) is 1.98. The van der Waals surface area contributed by atoms with E-state index < -0.39 is 5.69 Å². The monoisotopic (exact) mass is 362 g/mol. The molecule has 2 aromatic heterocycles. The van der Waals surface area contributed by atoms with Gasteiger partial charge in [-0.1, -0.05) is 0 Å². The van der Waals surface area contributed by atoms with Crippen molar-refractivity contribution in [3.05, 3.63) is 37.7 Å². The molecule has 0 atom stereocenters. The van der Waals surface area contributed by atoms with E-state index in [1.807, 2.05) is 13.8 Å². The molecule has 0 fully saturated rings. The maximum absolute atomic E-state index is 12.5. The molecular weight excluding hydrogens is 336 g/mol. The number of hydrogen-bond donors (Lipinski definition) is 1. The number of amides is 1. The second kappa shape index (κ2) is 8.27. The van der Waals surface area contributed by atoms with Crippen molar-refractivity contribution in [2.75, 3.05) is 20.3 Å². The summed E-state index contributed by atoms with van der Waals surface area (Å²) >= 11 is 0. The van der Waals surface area contributed by atoms with Gasteiger partial charge in [0.25, 0.3) is 5.56 Å². The summed E-state index contributed by atoms with van der Waals surface area (Å²) < 4.78 is 7.41. The first-order chi connectivity index (χ1) is 12.3. The van der Waals surface area contributed by atoms with Crippen LogP contribution in [0.15, 0.2) is 9.59 Å². The normalized spacial score (nSPS) is 11.1. The highest BCUT2D eigenvalue weighted by molar-refractivity contribution is 5.80. The van der Waals surface area contributed by atoms with E-state index in [-0.39, 0.29) is 11.5 Å². The maximum Gasteiger partial charge on any atom is 0.332 e. The highest BCUT2D eigenvalue weighted by Crippen LogP contribution is 2.20. The molecule has 1 amide bonds. The van der Waals surface area contributed by atoms with Crippen molar-refractivity contribution in [2.45, 2.75) is 33.1 Å². The zero-order valence-electron chi connectivity index (χ0n) is 16.0. The van der Waals surface area contributed by atoms with Crippen LogP contribution in [0.5, 0.6) is 0 Å². The number of methoxy groups -OCH3 is 1. The summed E-state index contributed by atoms with van der Waals surface area (Å²) in [6.07, 6.45) is 1.57. The molecule has 8 nitrogen and oxygen atoms in total. The van der Waals surface area contributed by atoms with E-state index >= 15 is 0 Å². The van der Waals surface area contributed by atoms with Crippen molar-refractivity contribution >= 4 is 16.9 Å². The predicted molar refractivity (Wildman–Crippen MR) is 99.5 cm³/mol. The number of carbonyl (C=O) groups is 1. The van der Waals surface area contributed by atoms with Crippen LogP contribution in [-0.2, 0) is 30.0 Å². The van der Waals surface area contributed by atoms with Gasteiger partial charge in [-0.15, -0.1) is 0 Å². The summed E-state index contributed by atoms with van der Waals surface area (Å²) in [6.45, 7) is 4.85. The zero-order valence-corrected chi connectivity index (χ0v) is 16.0. The van der Waals surface area contributed by atoms with Crippen LogP contribution in [0.2, 0.25) is 0 Å². The van der Waals surface area contributed by atoms with E-state index in [9.17, 15) is 14.4 Å². The molecule has 0 unspecified atom stereocenters.